The van der Waals surface area contributed by atoms with Gasteiger partial charge < -0.3 is 10.1 Å². The topological polar surface area (TPSA) is 21.3 Å². The molecule has 1 aromatic carbocycles. The van der Waals surface area contributed by atoms with Gasteiger partial charge in [-0.15, -0.1) is 11.8 Å². The lowest BCUT2D eigenvalue weighted by atomic mass is 9.82. The van der Waals surface area contributed by atoms with Crippen molar-refractivity contribution in [2.75, 3.05) is 12.8 Å². The Labute approximate surface area is 138 Å². The molecule has 21 heavy (non-hydrogen) atoms. The van der Waals surface area contributed by atoms with Crippen LogP contribution in [0.5, 0.6) is 0 Å². The smallest absolute Gasteiger partial charge is 0.0678 e. The molecule has 118 valence electrons. The third-order valence-corrected chi connectivity index (χ3v) is 5.89. The van der Waals surface area contributed by atoms with Gasteiger partial charge in [0.1, 0.15) is 0 Å². The summed E-state index contributed by atoms with van der Waals surface area (Å²) in [5, 5.41) is 4.32. The highest BCUT2D eigenvalue weighted by atomic mass is 35.5. The molecule has 0 radical (unpaired) electrons. The molecule has 1 aliphatic heterocycles. The van der Waals surface area contributed by atoms with Crippen LogP contribution in [0, 0.1) is 5.92 Å². The maximum absolute atomic E-state index is 6.25. The summed E-state index contributed by atoms with van der Waals surface area (Å²) in [4.78, 5) is 1.15. The van der Waals surface area contributed by atoms with Crippen molar-refractivity contribution in [3.8, 4) is 0 Å². The Morgan fingerprint density at radius 2 is 2.00 bits per heavy atom. The lowest BCUT2D eigenvalue weighted by molar-refractivity contribution is -0.0767. The summed E-state index contributed by atoms with van der Waals surface area (Å²) in [6, 6.07) is 8.44. The fraction of sp³-hybridized carbons (Fsp3) is 0.647. The summed E-state index contributed by atoms with van der Waals surface area (Å²) in [5.74, 6) is 1.49. The van der Waals surface area contributed by atoms with E-state index < -0.39 is 0 Å². The molecule has 0 spiro atoms. The Hall–Kier alpha value is -0.220. The minimum absolute atomic E-state index is 0.0433. The van der Waals surface area contributed by atoms with Crippen molar-refractivity contribution in [1.82, 2.24) is 5.32 Å². The van der Waals surface area contributed by atoms with Gasteiger partial charge in [-0.2, -0.15) is 0 Å². The zero-order valence-electron chi connectivity index (χ0n) is 13.6. The number of nitrogens with one attached hydrogen (secondary N) is 1. The predicted octanol–water partition coefficient (Wildman–Crippen LogP) is 4.61. The van der Waals surface area contributed by atoms with Crippen molar-refractivity contribution in [3.63, 3.8) is 0 Å². The fourth-order valence-electron chi connectivity index (χ4n) is 3.37. The van der Waals surface area contributed by atoms with Crippen LogP contribution in [0.1, 0.15) is 34.1 Å². The lowest BCUT2D eigenvalue weighted by Crippen LogP contribution is -2.44. The van der Waals surface area contributed by atoms with Crippen molar-refractivity contribution < 1.29 is 4.74 Å². The fourth-order valence-corrected chi connectivity index (χ4v) is 4.81. The van der Waals surface area contributed by atoms with Gasteiger partial charge >= 0.3 is 0 Å². The summed E-state index contributed by atoms with van der Waals surface area (Å²) in [5.41, 5.74) is -0.142. The van der Waals surface area contributed by atoms with Gasteiger partial charge in [-0.05, 0) is 53.3 Å². The highest BCUT2D eigenvalue weighted by Crippen LogP contribution is 2.44. The Morgan fingerprint density at radius 3 is 2.52 bits per heavy atom. The first kappa shape index (κ1) is 17.1. The summed E-state index contributed by atoms with van der Waals surface area (Å²) in [7, 11) is 2.04. The minimum atomic E-state index is -0.0990. The highest BCUT2D eigenvalue weighted by Gasteiger charge is 2.48. The van der Waals surface area contributed by atoms with Gasteiger partial charge in [-0.1, -0.05) is 23.7 Å². The number of benzene rings is 1. The van der Waals surface area contributed by atoms with Crippen molar-refractivity contribution in [2.45, 2.75) is 56.3 Å². The second-order valence-electron chi connectivity index (χ2n) is 6.91. The highest BCUT2D eigenvalue weighted by molar-refractivity contribution is 7.99. The van der Waals surface area contributed by atoms with Crippen LogP contribution in [-0.2, 0) is 4.74 Å². The van der Waals surface area contributed by atoms with Crippen molar-refractivity contribution >= 4 is 23.4 Å². The van der Waals surface area contributed by atoms with Gasteiger partial charge in [0.2, 0.25) is 0 Å². The number of rotatable bonds is 5. The van der Waals surface area contributed by atoms with Crippen LogP contribution < -0.4 is 5.32 Å². The van der Waals surface area contributed by atoms with Crippen LogP contribution in [0.3, 0.4) is 0 Å². The molecule has 1 heterocycles. The molecular weight excluding hydrogens is 302 g/mol. The van der Waals surface area contributed by atoms with E-state index in [0.717, 1.165) is 22.1 Å². The number of hydrogen-bond donors (Lipinski definition) is 1. The average Bonchev–Trinajstić information content (AvgIpc) is 2.60. The van der Waals surface area contributed by atoms with Crippen molar-refractivity contribution in [1.29, 1.82) is 0 Å². The molecule has 0 saturated carbocycles. The summed E-state index contributed by atoms with van der Waals surface area (Å²) >= 11 is 8.06. The van der Waals surface area contributed by atoms with Crippen molar-refractivity contribution in [3.05, 3.63) is 29.3 Å². The van der Waals surface area contributed by atoms with Gasteiger partial charge in [-0.3, -0.25) is 0 Å². The van der Waals surface area contributed by atoms with Crippen molar-refractivity contribution in [2.24, 2.45) is 5.92 Å². The first-order valence-electron chi connectivity index (χ1n) is 7.50. The van der Waals surface area contributed by atoms with E-state index in [2.05, 4.69) is 39.1 Å². The van der Waals surface area contributed by atoms with E-state index in [1.165, 1.54) is 0 Å². The molecule has 1 aromatic rings. The molecule has 0 aliphatic carbocycles. The zero-order valence-corrected chi connectivity index (χ0v) is 15.1. The van der Waals surface area contributed by atoms with Crippen LogP contribution in [0.15, 0.2) is 29.2 Å². The van der Waals surface area contributed by atoms with Gasteiger partial charge in [0, 0.05) is 22.6 Å². The summed E-state index contributed by atoms with van der Waals surface area (Å²) in [6.45, 7) is 8.78. The molecule has 1 N–H and O–H groups in total. The van der Waals surface area contributed by atoms with Crippen LogP contribution in [-0.4, -0.2) is 30.0 Å². The van der Waals surface area contributed by atoms with Crippen LogP contribution in [0.4, 0.5) is 0 Å². The van der Waals surface area contributed by atoms with E-state index in [1.807, 2.05) is 37.0 Å². The Kier molecular flexibility index (Phi) is 5.30. The maximum Gasteiger partial charge on any atom is 0.0678 e. The first-order chi connectivity index (χ1) is 9.75. The molecule has 0 bridgehead atoms. The van der Waals surface area contributed by atoms with Gasteiger partial charge in [0.25, 0.3) is 0 Å². The second kappa shape index (κ2) is 6.49. The molecule has 2 nitrogen and oxygen atoms in total. The van der Waals surface area contributed by atoms with Crippen LogP contribution in [0.2, 0.25) is 5.02 Å². The molecule has 4 heteroatoms. The van der Waals surface area contributed by atoms with E-state index in [4.69, 9.17) is 16.3 Å². The first-order valence-corrected chi connectivity index (χ1v) is 8.86. The number of halogens is 1. The molecule has 0 aromatic heterocycles. The minimum Gasteiger partial charge on any atom is -0.369 e. The lowest BCUT2D eigenvalue weighted by Gasteiger charge is -2.32. The third-order valence-electron chi connectivity index (χ3n) is 4.26. The van der Waals surface area contributed by atoms with E-state index >= 15 is 0 Å². The molecule has 1 saturated heterocycles. The number of thioether (sulfide) groups is 1. The van der Waals surface area contributed by atoms with E-state index in [1.54, 1.807) is 0 Å². The van der Waals surface area contributed by atoms with E-state index in [9.17, 15) is 0 Å². The van der Waals surface area contributed by atoms with Gasteiger partial charge in [-0.25, -0.2) is 0 Å². The van der Waals surface area contributed by atoms with Gasteiger partial charge in [0.15, 0.2) is 0 Å². The monoisotopic (exact) mass is 327 g/mol. The molecule has 1 fully saturated rings. The Balaban J connectivity index is 2.05. The summed E-state index contributed by atoms with van der Waals surface area (Å²) in [6.07, 6.45) is 1.08. The molecule has 1 aliphatic rings. The molecule has 2 rings (SSSR count). The Morgan fingerprint density at radius 1 is 1.33 bits per heavy atom. The number of hydrogen-bond acceptors (Lipinski definition) is 3. The largest absolute Gasteiger partial charge is 0.369 e. The molecule has 2 unspecified atom stereocenters. The zero-order chi connectivity index (χ0) is 15.7. The maximum atomic E-state index is 6.25. The Bertz CT molecular complexity index is 489. The second-order valence-corrected chi connectivity index (χ2v) is 8.38. The average molecular weight is 328 g/mol. The molecule has 0 amide bonds. The summed E-state index contributed by atoms with van der Waals surface area (Å²) < 4.78 is 6.23. The third kappa shape index (κ3) is 4.16. The predicted molar refractivity (Wildman–Crippen MR) is 92.4 cm³/mol. The normalized spacial score (nSPS) is 25.0. The quantitative estimate of drug-likeness (QED) is 0.798. The van der Waals surface area contributed by atoms with Crippen LogP contribution >= 0.6 is 23.4 Å². The van der Waals surface area contributed by atoms with Crippen LogP contribution in [0.25, 0.3) is 0 Å². The van der Waals surface area contributed by atoms with Gasteiger partial charge in [0.05, 0.1) is 16.2 Å². The molecule has 2 atom stereocenters. The standard InChI is InChI=1S/C17H26ClNOS/c1-16(2)10-12(17(3,4)20-16)14(19-5)11-21-15-9-7-6-8-13(15)18/h6-9,12,14,19H,10-11H2,1-5H3. The van der Waals surface area contributed by atoms with E-state index in [-0.39, 0.29) is 11.2 Å². The SMILES string of the molecule is CNC(CSc1ccccc1Cl)C1CC(C)(C)OC1(C)C. The van der Waals surface area contributed by atoms with E-state index in [0.29, 0.717) is 12.0 Å². The molecular formula is C17H26ClNOS. The number of ether oxygens (including phenoxy) is 1.